The van der Waals surface area contributed by atoms with Crippen molar-refractivity contribution in [2.45, 2.75) is 56.8 Å². The van der Waals surface area contributed by atoms with Gasteiger partial charge >= 0.3 is 0 Å². The molecule has 1 aromatic rings. The van der Waals surface area contributed by atoms with Crippen LogP contribution in [-0.2, 0) is 0 Å². The summed E-state index contributed by atoms with van der Waals surface area (Å²) in [5.41, 5.74) is 8.35. The Morgan fingerprint density at radius 2 is 1.72 bits per heavy atom. The number of nitrogens with zero attached hydrogens (tertiary/aromatic N) is 1. The molecule has 18 heavy (non-hydrogen) atoms. The average molecular weight is 246 g/mol. The summed E-state index contributed by atoms with van der Waals surface area (Å²) in [6, 6.07) is 9.78. The minimum absolute atomic E-state index is 0.0953. The first-order valence-electron chi connectivity index (χ1n) is 6.97. The second-order valence-corrected chi connectivity index (χ2v) is 5.80. The summed E-state index contributed by atoms with van der Waals surface area (Å²) in [6.45, 7) is 2.01. The van der Waals surface area contributed by atoms with Crippen LogP contribution in [0.25, 0.3) is 0 Å². The number of hydrogen-bond donors (Lipinski definition) is 2. The molecule has 0 spiro atoms. The normalized spacial score (nSPS) is 32.6. The molecule has 0 aromatic heterocycles. The molecule has 2 fully saturated rings. The first-order valence-corrected chi connectivity index (χ1v) is 6.97. The van der Waals surface area contributed by atoms with Gasteiger partial charge < -0.3 is 15.7 Å². The van der Waals surface area contributed by atoms with Crippen LogP contribution in [0.3, 0.4) is 0 Å². The van der Waals surface area contributed by atoms with Crippen molar-refractivity contribution in [1.82, 2.24) is 0 Å². The zero-order valence-electron chi connectivity index (χ0n) is 10.9. The van der Waals surface area contributed by atoms with E-state index in [2.05, 4.69) is 29.2 Å². The van der Waals surface area contributed by atoms with Crippen molar-refractivity contribution in [1.29, 1.82) is 0 Å². The molecule has 2 unspecified atom stereocenters. The van der Waals surface area contributed by atoms with Gasteiger partial charge in [-0.15, -0.1) is 0 Å². The number of aliphatic hydroxyl groups is 1. The molecule has 2 saturated heterocycles. The van der Waals surface area contributed by atoms with Crippen molar-refractivity contribution in [2.24, 2.45) is 5.73 Å². The molecular formula is C15H22N2O. The van der Waals surface area contributed by atoms with Gasteiger partial charge in [-0.2, -0.15) is 0 Å². The average Bonchev–Trinajstić information content (AvgIpc) is 2.62. The Hall–Kier alpha value is -1.06. The zero-order chi connectivity index (χ0) is 12.7. The summed E-state index contributed by atoms with van der Waals surface area (Å²) in [5, 5.41) is 9.83. The molecule has 1 aromatic carbocycles. The quantitative estimate of drug-likeness (QED) is 0.841. The maximum atomic E-state index is 9.83. The zero-order valence-corrected chi connectivity index (χ0v) is 10.9. The molecular weight excluding hydrogens is 224 g/mol. The SMILES string of the molecule is C[C@H](N)c1ccc(N2C3CCC2CC(O)C3)cc1. The van der Waals surface area contributed by atoms with Crippen LogP contribution in [-0.4, -0.2) is 23.3 Å². The summed E-state index contributed by atoms with van der Waals surface area (Å²) in [6.07, 6.45) is 4.19. The van der Waals surface area contributed by atoms with E-state index in [1.807, 2.05) is 6.92 Å². The number of piperidine rings is 1. The maximum absolute atomic E-state index is 9.83. The fraction of sp³-hybridized carbons (Fsp3) is 0.600. The number of benzene rings is 1. The van der Waals surface area contributed by atoms with Crippen LogP contribution >= 0.6 is 0 Å². The highest BCUT2D eigenvalue weighted by molar-refractivity contribution is 5.51. The van der Waals surface area contributed by atoms with E-state index < -0.39 is 0 Å². The summed E-state index contributed by atoms with van der Waals surface area (Å²) in [5.74, 6) is 0. The molecule has 3 N–H and O–H groups in total. The Morgan fingerprint density at radius 1 is 1.17 bits per heavy atom. The van der Waals surface area contributed by atoms with E-state index in [4.69, 9.17) is 5.73 Å². The van der Waals surface area contributed by atoms with Gasteiger partial charge in [0, 0.05) is 23.8 Å². The molecule has 98 valence electrons. The third-order valence-corrected chi connectivity index (χ3v) is 4.43. The number of anilines is 1. The molecule has 3 heteroatoms. The molecule has 2 aliphatic rings. The summed E-state index contributed by atoms with van der Waals surface area (Å²) in [7, 11) is 0. The van der Waals surface area contributed by atoms with Crippen molar-refractivity contribution >= 4 is 5.69 Å². The molecule has 0 aliphatic carbocycles. The molecule has 3 atom stereocenters. The Balaban J connectivity index is 1.83. The first kappa shape index (κ1) is 12.0. The first-order chi connectivity index (χ1) is 8.65. The van der Waals surface area contributed by atoms with Gasteiger partial charge in [-0.25, -0.2) is 0 Å². The lowest BCUT2D eigenvalue weighted by atomic mass is 9.98. The van der Waals surface area contributed by atoms with Gasteiger partial charge in [0.1, 0.15) is 0 Å². The highest BCUT2D eigenvalue weighted by Crippen LogP contribution is 2.39. The number of aliphatic hydroxyl groups excluding tert-OH is 1. The van der Waals surface area contributed by atoms with Gasteiger partial charge in [-0.3, -0.25) is 0 Å². The van der Waals surface area contributed by atoms with E-state index in [-0.39, 0.29) is 12.1 Å². The Bertz CT molecular complexity index is 401. The van der Waals surface area contributed by atoms with E-state index in [0.29, 0.717) is 12.1 Å². The van der Waals surface area contributed by atoms with E-state index in [1.165, 1.54) is 24.1 Å². The van der Waals surface area contributed by atoms with Gasteiger partial charge in [0.2, 0.25) is 0 Å². The van der Waals surface area contributed by atoms with Crippen LogP contribution in [0, 0.1) is 0 Å². The number of rotatable bonds is 2. The van der Waals surface area contributed by atoms with Crippen molar-refractivity contribution < 1.29 is 5.11 Å². The summed E-state index contributed by atoms with van der Waals surface area (Å²) in [4.78, 5) is 2.51. The molecule has 3 nitrogen and oxygen atoms in total. The van der Waals surface area contributed by atoms with Crippen LogP contribution in [0.5, 0.6) is 0 Å². The van der Waals surface area contributed by atoms with Crippen molar-refractivity contribution in [3.63, 3.8) is 0 Å². The minimum Gasteiger partial charge on any atom is -0.393 e. The monoisotopic (exact) mass is 246 g/mol. The number of hydrogen-bond acceptors (Lipinski definition) is 3. The van der Waals surface area contributed by atoms with Gasteiger partial charge in [-0.05, 0) is 50.3 Å². The van der Waals surface area contributed by atoms with E-state index in [0.717, 1.165) is 12.8 Å². The fourth-order valence-electron chi connectivity index (χ4n) is 3.52. The highest BCUT2D eigenvalue weighted by Gasteiger charge is 2.40. The minimum atomic E-state index is -0.0953. The molecule has 2 aliphatic heterocycles. The summed E-state index contributed by atoms with van der Waals surface area (Å²) < 4.78 is 0. The smallest absolute Gasteiger partial charge is 0.0579 e. The van der Waals surface area contributed by atoms with Crippen LogP contribution in [0.4, 0.5) is 5.69 Å². The lowest BCUT2D eigenvalue weighted by molar-refractivity contribution is 0.126. The van der Waals surface area contributed by atoms with Crippen LogP contribution < -0.4 is 10.6 Å². The van der Waals surface area contributed by atoms with Crippen molar-refractivity contribution in [3.05, 3.63) is 29.8 Å². The third kappa shape index (κ3) is 2.02. The van der Waals surface area contributed by atoms with Gasteiger partial charge in [0.05, 0.1) is 6.10 Å². The number of fused-ring (bicyclic) bond motifs is 2. The fourth-order valence-corrected chi connectivity index (χ4v) is 3.52. The predicted molar refractivity (Wildman–Crippen MR) is 73.6 cm³/mol. The highest BCUT2D eigenvalue weighted by atomic mass is 16.3. The molecule has 3 rings (SSSR count). The Morgan fingerprint density at radius 3 is 2.22 bits per heavy atom. The standard InChI is InChI=1S/C15H22N2O/c1-10(16)11-2-4-12(5-3-11)17-13-6-7-14(17)9-15(18)8-13/h2-5,10,13-15,18H,6-9,16H2,1H3/t10-,13?,14?,15?/m0/s1. The van der Waals surface area contributed by atoms with Gasteiger partial charge in [-0.1, -0.05) is 12.1 Å². The Kier molecular flexibility index (Phi) is 3.04. The van der Waals surface area contributed by atoms with Crippen LogP contribution in [0.2, 0.25) is 0 Å². The lowest BCUT2D eigenvalue weighted by Gasteiger charge is -2.39. The number of nitrogens with two attached hydrogens (primary N) is 1. The van der Waals surface area contributed by atoms with Gasteiger partial charge in [0.25, 0.3) is 0 Å². The van der Waals surface area contributed by atoms with Crippen LogP contribution in [0.15, 0.2) is 24.3 Å². The largest absolute Gasteiger partial charge is 0.393 e. The predicted octanol–water partition coefficient (Wildman–Crippen LogP) is 2.20. The molecule has 0 amide bonds. The van der Waals surface area contributed by atoms with Gasteiger partial charge in [0.15, 0.2) is 0 Å². The lowest BCUT2D eigenvalue weighted by Crippen LogP contribution is -2.44. The van der Waals surface area contributed by atoms with Crippen molar-refractivity contribution in [3.8, 4) is 0 Å². The second-order valence-electron chi connectivity index (χ2n) is 5.80. The van der Waals surface area contributed by atoms with E-state index >= 15 is 0 Å². The Labute approximate surface area is 109 Å². The van der Waals surface area contributed by atoms with Crippen molar-refractivity contribution in [2.75, 3.05) is 4.90 Å². The molecule has 0 radical (unpaired) electrons. The summed E-state index contributed by atoms with van der Waals surface area (Å²) >= 11 is 0. The topological polar surface area (TPSA) is 49.5 Å². The van der Waals surface area contributed by atoms with E-state index in [1.54, 1.807) is 0 Å². The maximum Gasteiger partial charge on any atom is 0.0579 e. The van der Waals surface area contributed by atoms with E-state index in [9.17, 15) is 5.11 Å². The molecule has 0 saturated carbocycles. The second kappa shape index (κ2) is 4.56. The van der Waals surface area contributed by atoms with Crippen LogP contribution in [0.1, 0.15) is 44.2 Å². The molecule has 2 heterocycles. The molecule has 2 bridgehead atoms. The third-order valence-electron chi connectivity index (χ3n) is 4.43.